The van der Waals surface area contributed by atoms with Gasteiger partial charge in [0.25, 0.3) is 0 Å². The predicted octanol–water partition coefficient (Wildman–Crippen LogP) is 3.95. The van der Waals surface area contributed by atoms with Crippen molar-refractivity contribution in [3.63, 3.8) is 0 Å². The van der Waals surface area contributed by atoms with E-state index in [2.05, 4.69) is 16.8 Å². The monoisotopic (exact) mass is 459 g/mol. The van der Waals surface area contributed by atoms with Gasteiger partial charge in [-0.3, -0.25) is 4.79 Å². The molecule has 174 valence electrons. The van der Waals surface area contributed by atoms with Crippen molar-refractivity contribution in [2.75, 3.05) is 39.9 Å². The van der Waals surface area contributed by atoms with Gasteiger partial charge < -0.3 is 24.6 Å². The van der Waals surface area contributed by atoms with Gasteiger partial charge in [-0.15, -0.1) is 11.3 Å². The van der Waals surface area contributed by atoms with E-state index in [1.165, 1.54) is 4.88 Å². The van der Waals surface area contributed by atoms with Gasteiger partial charge in [-0.1, -0.05) is 19.9 Å². The molecule has 8 heteroatoms. The predicted molar refractivity (Wildman–Crippen MR) is 126 cm³/mol. The molecule has 0 fully saturated rings. The van der Waals surface area contributed by atoms with Crippen LogP contribution in [0.15, 0.2) is 35.7 Å². The number of urea groups is 1. The van der Waals surface area contributed by atoms with Gasteiger partial charge in [-0.05, 0) is 48.4 Å². The van der Waals surface area contributed by atoms with Crippen LogP contribution in [0.25, 0.3) is 0 Å². The highest BCUT2D eigenvalue weighted by Crippen LogP contribution is 2.34. The lowest BCUT2D eigenvalue weighted by Gasteiger charge is -2.37. The molecule has 32 heavy (non-hydrogen) atoms. The van der Waals surface area contributed by atoms with E-state index in [0.717, 1.165) is 17.7 Å². The first-order valence-corrected chi connectivity index (χ1v) is 12.0. The number of methoxy groups -OCH3 is 1. The molecule has 1 aliphatic rings. The maximum absolute atomic E-state index is 13.4. The van der Waals surface area contributed by atoms with Gasteiger partial charge in [0.05, 0.1) is 13.2 Å². The van der Waals surface area contributed by atoms with E-state index < -0.39 is 0 Å². The summed E-state index contributed by atoms with van der Waals surface area (Å²) in [6, 6.07) is 9.14. The molecule has 2 heterocycles. The number of thiophene rings is 1. The zero-order valence-electron chi connectivity index (χ0n) is 19.3. The number of rotatable bonds is 9. The summed E-state index contributed by atoms with van der Waals surface area (Å²) in [5.74, 6) is 1.62. The summed E-state index contributed by atoms with van der Waals surface area (Å²) in [7, 11) is 1.62. The normalized spacial score (nSPS) is 15.3. The smallest absolute Gasteiger partial charge is 0.317 e. The lowest BCUT2D eigenvalue weighted by Crippen LogP contribution is -2.50. The third-order valence-corrected chi connectivity index (χ3v) is 6.39. The van der Waals surface area contributed by atoms with Gasteiger partial charge >= 0.3 is 6.03 Å². The second-order valence-corrected chi connectivity index (χ2v) is 9.25. The van der Waals surface area contributed by atoms with E-state index in [-0.39, 0.29) is 30.4 Å². The Morgan fingerprint density at radius 2 is 2.06 bits per heavy atom. The topological polar surface area (TPSA) is 71.1 Å². The fourth-order valence-electron chi connectivity index (χ4n) is 3.92. The Morgan fingerprint density at radius 1 is 1.28 bits per heavy atom. The van der Waals surface area contributed by atoms with Crippen LogP contribution in [0.1, 0.15) is 37.3 Å². The molecular weight excluding hydrogens is 426 g/mol. The molecule has 3 amide bonds. The molecule has 1 atom stereocenters. The van der Waals surface area contributed by atoms with E-state index in [4.69, 9.17) is 9.47 Å². The van der Waals surface area contributed by atoms with E-state index in [0.29, 0.717) is 32.0 Å². The van der Waals surface area contributed by atoms with Crippen LogP contribution in [-0.4, -0.2) is 61.6 Å². The van der Waals surface area contributed by atoms with Crippen LogP contribution in [0.2, 0.25) is 0 Å². The molecule has 0 aliphatic carbocycles. The quantitative estimate of drug-likeness (QED) is 0.616. The number of hydrogen-bond donors (Lipinski definition) is 1. The molecule has 0 bridgehead atoms. The van der Waals surface area contributed by atoms with E-state index in [9.17, 15) is 9.59 Å². The third kappa shape index (κ3) is 5.94. The van der Waals surface area contributed by atoms with Crippen molar-refractivity contribution in [3.05, 3.63) is 46.2 Å². The molecule has 1 aromatic carbocycles. The van der Waals surface area contributed by atoms with Crippen molar-refractivity contribution >= 4 is 23.3 Å². The molecule has 0 spiro atoms. The Bertz CT molecular complexity index is 914. The van der Waals surface area contributed by atoms with Gasteiger partial charge in [0, 0.05) is 30.6 Å². The first-order chi connectivity index (χ1) is 15.4. The van der Waals surface area contributed by atoms with Crippen LogP contribution in [0.4, 0.5) is 4.79 Å². The standard InChI is InChI=1S/C24H33N3O4S/c1-5-25-24(29)26(14-17(2)3)15-23(28)27-11-9-22-20(10-12-32-22)21(27)16-31-19-8-6-7-18(13-19)30-4/h6-8,10,12-13,17,21H,5,9,11,14-16H2,1-4H3,(H,25,29)/t21-/m1/s1. The maximum Gasteiger partial charge on any atom is 0.317 e. The number of nitrogens with zero attached hydrogens (tertiary/aromatic N) is 2. The van der Waals surface area contributed by atoms with Crippen LogP contribution in [0.5, 0.6) is 11.5 Å². The number of carbonyl (C=O) groups is 2. The van der Waals surface area contributed by atoms with Gasteiger partial charge in [0.2, 0.25) is 5.91 Å². The minimum absolute atomic E-state index is 0.0547. The molecular formula is C24H33N3O4S. The molecule has 0 radical (unpaired) electrons. The number of benzene rings is 1. The Hall–Kier alpha value is -2.74. The number of nitrogens with one attached hydrogen (secondary N) is 1. The average Bonchev–Trinajstić information content (AvgIpc) is 3.26. The minimum Gasteiger partial charge on any atom is -0.497 e. The number of carbonyl (C=O) groups excluding carboxylic acids is 2. The highest BCUT2D eigenvalue weighted by Gasteiger charge is 2.33. The van der Waals surface area contributed by atoms with Crippen molar-refractivity contribution in [2.45, 2.75) is 33.2 Å². The lowest BCUT2D eigenvalue weighted by molar-refractivity contribution is -0.135. The summed E-state index contributed by atoms with van der Waals surface area (Å²) >= 11 is 1.72. The summed E-state index contributed by atoms with van der Waals surface area (Å²) in [5.41, 5.74) is 1.13. The summed E-state index contributed by atoms with van der Waals surface area (Å²) < 4.78 is 11.4. The molecule has 2 aromatic rings. The second-order valence-electron chi connectivity index (χ2n) is 8.25. The van der Waals surface area contributed by atoms with Crippen LogP contribution in [-0.2, 0) is 11.2 Å². The van der Waals surface area contributed by atoms with Crippen LogP contribution in [0, 0.1) is 5.92 Å². The summed E-state index contributed by atoms with van der Waals surface area (Å²) in [5, 5.41) is 4.89. The molecule has 3 rings (SSSR count). The van der Waals surface area contributed by atoms with Crippen molar-refractivity contribution in [2.24, 2.45) is 5.92 Å². The molecule has 0 saturated heterocycles. The molecule has 0 saturated carbocycles. The largest absolute Gasteiger partial charge is 0.497 e. The van der Waals surface area contributed by atoms with Crippen LogP contribution < -0.4 is 14.8 Å². The molecule has 7 nitrogen and oxygen atoms in total. The Morgan fingerprint density at radius 3 is 2.78 bits per heavy atom. The summed E-state index contributed by atoms with van der Waals surface area (Å²) in [6.07, 6.45) is 0.819. The Kier molecular flexibility index (Phi) is 8.39. The molecule has 1 aromatic heterocycles. The SMILES string of the molecule is CCNC(=O)N(CC(=O)N1CCc2sccc2[C@H]1COc1cccc(OC)c1)CC(C)C. The molecule has 1 N–H and O–H groups in total. The number of hydrogen-bond acceptors (Lipinski definition) is 5. The number of ether oxygens (including phenoxy) is 2. The summed E-state index contributed by atoms with van der Waals surface area (Å²) in [6.45, 7) is 8.03. The number of fused-ring (bicyclic) bond motifs is 1. The zero-order valence-corrected chi connectivity index (χ0v) is 20.1. The van der Waals surface area contributed by atoms with Gasteiger partial charge in [-0.25, -0.2) is 4.79 Å². The highest BCUT2D eigenvalue weighted by atomic mass is 32.1. The van der Waals surface area contributed by atoms with Crippen molar-refractivity contribution in [3.8, 4) is 11.5 Å². The van der Waals surface area contributed by atoms with Gasteiger partial charge in [-0.2, -0.15) is 0 Å². The third-order valence-electron chi connectivity index (χ3n) is 5.39. The second kappa shape index (κ2) is 11.2. The first-order valence-electron chi connectivity index (χ1n) is 11.1. The van der Waals surface area contributed by atoms with E-state index in [1.807, 2.05) is 49.9 Å². The molecule has 0 unspecified atom stereocenters. The lowest BCUT2D eigenvalue weighted by atomic mass is 10.0. The van der Waals surface area contributed by atoms with E-state index >= 15 is 0 Å². The van der Waals surface area contributed by atoms with Crippen LogP contribution in [0.3, 0.4) is 0 Å². The Balaban J connectivity index is 1.76. The summed E-state index contributed by atoms with van der Waals surface area (Å²) in [4.78, 5) is 30.7. The van der Waals surface area contributed by atoms with Crippen molar-refractivity contribution in [1.82, 2.24) is 15.1 Å². The number of amides is 3. The Labute approximate surface area is 194 Å². The fourth-order valence-corrected chi connectivity index (χ4v) is 4.85. The van der Waals surface area contributed by atoms with Gasteiger partial charge in [0.1, 0.15) is 24.7 Å². The fraction of sp³-hybridized carbons (Fsp3) is 0.500. The zero-order chi connectivity index (χ0) is 23.1. The highest BCUT2D eigenvalue weighted by molar-refractivity contribution is 7.10. The van der Waals surface area contributed by atoms with Crippen molar-refractivity contribution < 1.29 is 19.1 Å². The van der Waals surface area contributed by atoms with Gasteiger partial charge in [0.15, 0.2) is 0 Å². The first kappa shape index (κ1) is 23.9. The minimum atomic E-state index is -0.202. The maximum atomic E-state index is 13.4. The molecule has 1 aliphatic heterocycles. The van der Waals surface area contributed by atoms with E-state index in [1.54, 1.807) is 23.3 Å². The average molecular weight is 460 g/mol. The van der Waals surface area contributed by atoms with Crippen molar-refractivity contribution in [1.29, 1.82) is 0 Å². The van der Waals surface area contributed by atoms with Crippen LogP contribution >= 0.6 is 11.3 Å².